The Balaban J connectivity index is 2.57. The summed E-state index contributed by atoms with van der Waals surface area (Å²) in [5, 5.41) is 3.04. The van der Waals surface area contributed by atoms with E-state index in [1.165, 1.54) is 11.1 Å². The number of nitrogens with one attached hydrogen (secondary N) is 1. The molecular weight excluding hydrogens is 186 g/mol. The smallest absolute Gasteiger partial charge is 0.150 e. The first-order valence-corrected chi connectivity index (χ1v) is 5.42. The Bertz CT molecular complexity index is 344. The fraction of sp³-hybridized carbons (Fsp3) is 0.462. The zero-order valence-corrected chi connectivity index (χ0v) is 9.76. The summed E-state index contributed by atoms with van der Waals surface area (Å²) < 4.78 is 0. The average molecular weight is 205 g/mol. The normalized spacial score (nSPS) is 10.3. The molecule has 0 saturated heterocycles. The summed E-state index contributed by atoms with van der Waals surface area (Å²) in [5.74, 6) is 0.250. The summed E-state index contributed by atoms with van der Waals surface area (Å²) in [5.41, 5.74) is 3.64. The summed E-state index contributed by atoms with van der Waals surface area (Å²) in [7, 11) is 0. The summed E-state index contributed by atoms with van der Waals surface area (Å²) in [6, 6.07) is 6.20. The molecule has 0 aliphatic carbocycles. The molecule has 15 heavy (non-hydrogen) atoms. The van der Waals surface area contributed by atoms with E-state index in [2.05, 4.69) is 31.3 Å². The van der Waals surface area contributed by atoms with Gasteiger partial charge in [-0.3, -0.25) is 4.79 Å². The van der Waals surface area contributed by atoms with Crippen molar-refractivity contribution in [1.29, 1.82) is 0 Å². The molecule has 0 heterocycles. The van der Waals surface area contributed by atoms with Crippen LogP contribution in [0.15, 0.2) is 18.2 Å². The van der Waals surface area contributed by atoms with Gasteiger partial charge < -0.3 is 5.32 Å². The highest BCUT2D eigenvalue weighted by atomic mass is 16.1. The second-order valence-corrected chi connectivity index (χ2v) is 3.91. The lowest BCUT2D eigenvalue weighted by Crippen LogP contribution is -2.23. The maximum absolute atomic E-state index is 11.5. The molecule has 1 N–H and O–H groups in total. The number of Topliss-reactive ketones (excluding diaryl/α,β-unsaturated/α-hetero) is 1. The maximum Gasteiger partial charge on any atom is 0.150 e. The van der Waals surface area contributed by atoms with E-state index in [4.69, 9.17) is 0 Å². The Morgan fingerprint density at radius 3 is 2.60 bits per heavy atom. The number of aryl methyl sites for hydroxylation is 2. The number of hydrogen-bond acceptors (Lipinski definition) is 2. The minimum Gasteiger partial charge on any atom is -0.310 e. The number of ketones is 1. The summed E-state index contributed by atoms with van der Waals surface area (Å²) in [6.45, 7) is 7.48. The average Bonchev–Trinajstić information content (AvgIpc) is 2.20. The van der Waals surface area contributed by atoms with Gasteiger partial charge in [-0.15, -0.1) is 0 Å². The highest BCUT2D eigenvalue weighted by Gasteiger charge is 2.03. The SMILES string of the molecule is CCNCC(=O)Cc1ccc(C)c(C)c1. The molecule has 2 heteroatoms. The van der Waals surface area contributed by atoms with Gasteiger partial charge in [0.1, 0.15) is 0 Å². The first kappa shape index (κ1) is 11.9. The molecule has 0 aliphatic heterocycles. The minimum absolute atomic E-state index is 0.250. The molecule has 0 atom stereocenters. The van der Waals surface area contributed by atoms with Crippen molar-refractivity contribution in [1.82, 2.24) is 5.32 Å². The zero-order valence-electron chi connectivity index (χ0n) is 9.76. The Kier molecular flexibility index (Phi) is 4.50. The van der Waals surface area contributed by atoms with E-state index in [-0.39, 0.29) is 5.78 Å². The van der Waals surface area contributed by atoms with Crippen LogP contribution in [0.5, 0.6) is 0 Å². The van der Waals surface area contributed by atoms with Crippen LogP contribution in [0.4, 0.5) is 0 Å². The van der Waals surface area contributed by atoms with Gasteiger partial charge in [0.15, 0.2) is 5.78 Å². The fourth-order valence-corrected chi connectivity index (χ4v) is 1.47. The Labute approximate surface area is 91.7 Å². The number of rotatable bonds is 5. The van der Waals surface area contributed by atoms with Gasteiger partial charge in [-0.05, 0) is 37.1 Å². The van der Waals surface area contributed by atoms with E-state index in [0.717, 1.165) is 12.1 Å². The highest BCUT2D eigenvalue weighted by molar-refractivity contribution is 5.82. The van der Waals surface area contributed by atoms with Gasteiger partial charge in [0, 0.05) is 6.42 Å². The van der Waals surface area contributed by atoms with Gasteiger partial charge in [0.2, 0.25) is 0 Å². The van der Waals surface area contributed by atoms with Gasteiger partial charge in [-0.2, -0.15) is 0 Å². The monoisotopic (exact) mass is 205 g/mol. The minimum atomic E-state index is 0.250. The molecule has 0 aliphatic rings. The molecule has 82 valence electrons. The standard InChI is InChI=1S/C13H19NO/c1-4-14-9-13(15)8-12-6-5-10(2)11(3)7-12/h5-7,14H,4,8-9H2,1-3H3. The van der Waals surface area contributed by atoms with E-state index in [9.17, 15) is 4.79 Å². The topological polar surface area (TPSA) is 29.1 Å². The van der Waals surface area contributed by atoms with Crippen molar-refractivity contribution >= 4 is 5.78 Å². The predicted octanol–water partition coefficient (Wildman–Crippen LogP) is 2.02. The second kappa shape index (κ2) is 5.66. The molecule has 1 rings (SSSR count). The van der Waals surface area contributed by atoms with Crippen LogP contribution in [0.25, 0.3) is 0 Å². The van der Waals surface area contributed by atoms with E-state index in [0.29, 0.717) is 13.0 Å². The van der Waals surface area contributed by atoms with Crippen molar-refractivity contribution in [2.45, 2.75) is 27.2 Å². The van der Waals surface area contributed by atoms with Gasteiger partial charge in [0.25, 0.3) is 0 Å². The fourth-order valence-electron chi connectivity index (χ4n) is 1.47. The Morgan fingerprint density at radius 2 is 2.00 bits per heavy atom. The summed E-state index contributed by atoms with van der Waals surface area (Å²) >= 11 is 0. The van der Waals surface area contributed by atoms with E-state index >= 15 is 0 Å². The zero-order chi connectivity index (χ0) is 11.3. The van der Waals surface area contributed by atoms with Gasteiger partial charge in [-0.1, -0.05) is 25.1 Å². The third-order valence-electron chi connectivity index (χ3n) is 2.54. The molecule has 0 unspecified atom stereocenters. The largest absolute Gasteiger partial charge is 0.310 e. The molecule has 1 aromatic carbocycles. The number of likely N-dealkylation sites (N-methyl/N-ethyl adjacent to an activating group) is 1. The molecule has 2 nitrogen and oxygen atoms in total. The number of carbonyl (C=O) groups is 1. The van der Waals surface area contributed by atoms with Crippen LogP contribution >= 0.6 is 0 Å². The summed E-state index contributed by atoms with van der Waals surface area (Å²) in [6.07, 6.45) is 0.536. The van der Waals surface area contributed by atoms with Crippen molar-refractivity contribution in [3.8, 4) is 0 Å². The van der Waals surface area contributed by atoms with Crippen LogP contribution in [0.3, 0.4) is 0 Å². The first-order chi connectivity index (χ1) is 7.13. The van der Waals surface area contributed by atoms with Crippen LogP contribution in [-0.2, 0) is 11.2 Å². The molecule has 0 saturated carbocycles. The quantitative estimate of drug-likeness (QED) is 0.797. The maximum atomic E-state index is 11.5. The van der Waals surface area contributed by atoms with Crippen LogP contribution in [0.1, 0.15) is 23.6 Å². The highest BCUT2D eigenvalue weighted by Crippen LogP contribution is 2.10. The molecular formula is C13H19NO. The Hall–Kier alpha value is -1.15. The first-order valence-electron chi connectivity index (χ1n) is 5.42. The summed E-state index contributed by atoms with van der Waals surface area (Å²) in [4.78, 5) is 11.5. The predicted molar refractivity (Wildman–Crippen MR) is 63.2 cm³/mol. The van der Waals surface area contributed by atoms with Crippen LogP contribution in [-0.4, -0.2) is 18.9 Å². The molecule has 0 aromatic heterocycles. The third-order valence-corrected chi connectivity index (χ3v) is 2.54. The van der Waals surface area contributed by atoms with Crippen LogP contribution < -0.4 is 5.32 Å². The lowest BCUT2D eigenvalue weighted by molar-refractivity contribution is -0.117. The lowest BCUT2D eigenvalue weighted by Gasteiger charge is -2.05. The van der Waals surface area contributed by atoms with Crippen LogP contribution in [0, 0.1) is 13.8 Å². The van der Waals surface area contributed by atoms with Gasteiger partial charge in [0.05, 0.1) is 6.54 Å². The molecule has 0 radical (unpaired) electrons. The van der Waals surface area contributed by atoms with Crippen molar-refractivity contribution in [2.75, 3.05) is 13.1 Å². The van der Waals surface area contributed by atoms with Crippen molar-refractivity contribution in [2.24, 2.45) is 0 Å². The lowest BCUT2D eigenvalue weighted by atomic mass is 10.0. The molecule has 1 aromatic rings. The number of benzene rings is 1. The van der Waals surface area contributed by atoms with Gasteiger partial charge in [-0.25, -0.2) is 0 Å². The molecule has 0 fully saturated rings. The second-order valence-electron chi connectivity index (χ2n) is 3.91. The molecule has 0 amide bonds. The van der Waals surface area contributed by atoms with Crippen molar-refractivity contribution in [3.05, 3.63) is 34.9 Å². The number of hydrogen-bond donors (Lipinski definition) is 1. The molecule has 0 bridgehead atoms. The van der Waals surface area contributed by atoms with Crippen molar-refractivity contribution in [3.63, 3.8) is 0 Å². The Morgan fingerprint density at radius 1 is 1.27 bits per heavy atom. The van der Waals surface area contributed by atoms with E-state index in [1.54, 1.807) is 0 Å². The van der Waals surface area contributed by atoms with E-state index < -0.39 is 0 Å². The third kappa shape index (κ3) is 3.84. The van der Waals surface area contributed by atoms with Crippen LogP contribution in [0.2, 0.25) is 0 Å². The van der Waals surface area contributed by atoms with E-state index in [1.807, 2.05) is 13.0 Å². The van der Waals surface area contributed by atoms with Gasteiger partial charge >= 0.3 is 0 Å². The number of carbonyl (C=O) groups excluding carboxylic acids is 1. The van der Waals surface area contributed by atoms with Crippen molar-refractivity contribution < 1.29 is 4.79 Å². The molecule has 0 spiro atoms.